The van der Waals surface area contributed by atoms with E-state index < -0.39 is 16.1 Å². The van der Waals surface area contributed by atoms with Gasteiger partial charge in [0.25, 0.3) is 10.0 Å². The molecular formula is C24H23ClN4O4S3. The Morgan fingerprint density at radius 3 is 2.81 bits per heavy atom. The van der Waals surface area contributed by atoms with Gasteiger partial charge in [-0.3, -0.25) is 14.7 Å². The smallest absolute Gasteiger partial charge is 0.253 e. The number of anilines is 1. The molecule has 0 spiro atoms. The summed E-state index contributed by atoms with van der Waals surface area (Å²) in [5.41, 5.74) is 1.42. The van der Waals surface area contributed by atoms with Crippen molar-refractivity contribution in [1.29, 1.82) is 0 Å². The lowest BCUT2D eigenvalue weighted by molar-refractivity contribution is -0.121. The highest BCUT2D eigenvalue weighted by Gasteiger charge is 2.42. The third kappa shape index (κ3) is 4.98. The number of pyridine rings is 1. The van der Waals surface area contributed by atoms with E-state index in [-0.39, 0.29) is 23.2 Å². The van der Waals surface area contributed by atoms with Gasteiger partial charge in [-0.1, -0.05) is 29.0 Å². The van der Waals surface area contributed by atoms with Gasteiger partial charge in [-0.05, 0) is 62.2 Å². The van der Waals surface area contributed by atoms with Gasteiger partial charge < -0.3 is 4.74 Å². The second kappa shape index (κ2) is 10.4. The van der Waals surface area contributed by atoms with Crippen molar-refractivity contribution in [2.45, 2.75) is 36.6 Å². The number of fused-ring (bicyclic) bond motifs is 1. The summed E-state index contributed by atoms with van der Waals surface area (Å²) in [5, 5.41) is 0.484. The van der Waals surface area contributed by atoms with Crippen LogP contribution in [-0.4, -0.2) is 47.8 Å². The lowest BCUT2D eigenvalue weighted by Gasteiger charge is -2.28. The molecule has 1 amide bonds. The van der Waals surface area contributed by atoms with Crippen molar-refractivity contribution in [2.75, 3.05) is 18.1 Å². The number of carbonyl (C=O) groups excluding carboxylic acids is 1. The minimum Gasteiger partial charge on any atom is -0.494 e. The standard InChI is InChI=1S/C24H23ClN4O4S3/c1-2-33-17-8-9-18-20(14-17)34-24(27-18)28(15-16-6-3-4-12-26-16)23(30)19-7-5-13-29(19)36(31,32)22-11-10-21(25)35-22/h3-4,6,8-12,14,19H,2,5,7,13,15H2,1H3. The summed E-state index contributed by atoms with van der Waals surface area (Å²) in [6, 6.07) is 13.3. The third-order valence-corrected chi connectivity index (χ3v) is 10.5. The number of hydrogen-bond donors (Lipinski definition) is 0. The van der Waals surface area contributed by atoms with E-state index in [2.05, 4.69) is 4.98 Å². The van der Waals surface area contributed by atoms with Gasteiger partial charge in [-0.2, -0.15) is 4.31 Å². The monoisotopic (exact) mass is 562 g/mol. The van der Waals surface area contributed by atoms with Crippen LogP contribution in [0.1, 0.15) is 25.5 Å². The van der Waals surface area contributed by atoms with Crippen LogP contribution in [0.3, 0.4) is 0 Å². The van der Waals surface area contributed by atoms with Crippen molar-refractivity contribution < 1.29 is 17.9 Å². The highest BCUT2D eigenvalue weighted by atomic mass is 35.5. The van der Waals surface area contributed by atoms with E-state index in [1.807, 2.05) is 37.3 Å². The normalized spacial score (nSPS) is 16.4. The van der Waals surface area contributed by atoms with Crippen LogP contribution in [-0.2, 0) is 21.4 Å². The number of ether oxygens (including phenoxy) is 1. The Kier molecular flexibility index (Phi) is 7.27. The number of nitrogens with zero attached hydrogens (tertiary/aromatic N) is 4. The zero-order valence-electron chi connectivity index (χ0n) is 19.3. The molecule has 4 heterocycles. The van der Waals surface area contributed by atoms with Gasteiger partial charge in [0.1, 0.15) is 16.0 Å². The number of aromatic nitrogens is 2. The van der Waals surface area contributed by atoms with E-state index in [4.69, 9.17) is 21.3 Å². The maximum atomic E-state index is 14.0. The third-order valence-electron chi connectivity index (χ3n) is 5.80. The Balaban J connectivity index is 1.51. The lowest BCUT2D eigenvalue weighted by atomic mass is 10.2. The van der Waals surface area contributed by atoms with Crippen LogP contribution < -0.4 is 9.64 Å². The van der Waals surface area contributed by atoms with Crippen LogP contribution in [0.2, 0.25) is 4.34 Å². The molecule has 1 fully saturated rings. The summed E-state index contributed by atoms with van der Waals surface area (Å²) in [6.07, 6.45) is 2.68. The molecule has 0 saturated carbocycles. The molecular weight excluding hydrogens is 540 g/mol. The minimum atomic E-state index is -3.87. The van der Waals surface area contributed by atoms with E-state index in [9.17, 15) is 13.2 Å². The number of rotatable bonds is 8. The lowest BCUT2D eigenvalue weighted by Crippen LogP contribution is -2.47. The van der Waals surface area contributed by atoms with Crippen LogP contribution in [0.25, 0.3) is 10.2 Å². The van der Waals surface area contributed by atoms with Crippen LogP contribution >= 0.6 is 34.3 Å². The Morgan fingerprint density at radius 2 is 2.08 bits per heavy atom. The summed E-state index contributed by atoms with van der Waals surface area (Å²) in [7, 11) is -3.87. The van der Waals surface area contributed by atoms with E-state index in [0.717, 1.165) is 27.3 Å². The summed E-state index contributed by atoms with van der Waals surface area (Å²) >= 11 is 8.35. The van der Waals surface area contributed by atoms with E-state index in [1.54, 1.807) is 23.2 Å². The Labute approximate surface area is 222 Å². The summed E-state index contributed by atoms with van der Waals surface area (Å²) < 4.78 is 35.1. The SMILES string of the molecule is CCOc1ccc2nc(N(Cc3ccccn3)C(=O)C3CCCN3S(=O)(=O)c3ccc(Cl)s3)sc2c1. The zero-order chi connectivity index (χ0) is 25.3. The van der Waals surface area contributed by atoms with Gasteiger partial charge in [0.2, 0.25) is 5.91 Å². The molecule has 1 aliphatic rings. The number of halogens is 1. The number of amides is 1. The molecule has 0 N–H and O–H groups in total. The molecule has 8 nitrogen and oxygen atoms in total. The molecule has 3 aromatic heterocycles. The number of sulfonamides is 1. The van der Waals surface area contributed by atoms with E-state index in [0.29, 0.717) is 34.6 Å². The number of carbonyl (C=O) groups is 1. The first-order valence-electron chi connectivity index (χ1n) is 11.4. The fraction of sp³-hybridized carbons (Fsp3) is 0.292. The first-order chi connectivity index (χ1) is 17.4. The zero-order valence-corrected chi connectivity index (χ0v) is 22.5. The quantitative estimate of drug-likeness (QED) is 0.293. The second-order valence-electron chi connectivity index (χ2n) is 8.14. The first kappa shape index (κ1) is 25.1. The fourth-order valence-electron chi connectivity index (χ4n) is 4.16. The molecule has 1 atom stereocenters. The molecule has 12 heteroatoms. The predicted molar refractivity (Wildman–Crippen MR) is 142 cm³/mol. The molecule has 1 saturated heterocycles. The average molecular weight is 563 g/mol. The highest BCUT2D eigenvalue weighted by Crippen LogP contribution is 2.36. The molecule has 1 aromatic carbocycles. The highest BCUT2D eigenvalue weighted by molar-refractivity contribution is 7.91. The Hall–Kier alpha value is -2.57. The number of hydrogen-bond acceptors (Lipinski definition) is 8. The minimum absolute atomic E-state index is 0.131. The topological polar surface area (TPSA) is 92.7 Å². The van der Waals surface area contributed by atoms with E-state index >= 15 is 0 Å². The van der Waals surface area contributed by atoms with Crippen LogP contribution in [0.15, 0.2) is 58.9 Å². The first-order valence-corrected chi connectivity index (χ1v) is 14.8. The van der Waals surface area contributed by atoms with Crippen LogP contribution in [0.5, 0.6) is 5.75 Å². The van der Waals surface area contributed by atoms with Crippen molar-refractivity contribution in [1.82, 2.24) is 14.3 Å². The molecule has 0 aliphatic carbocycles. The fourth-order valence-corrected chi connectivity index (χ4v) is 8.43. The van der Waals surface area contributed by atoms with Crippen molar-refractivity contribution >= 4 is 65.6 Å². The van der Waals surface area contributed by atoms with Gasteiger partial charge in [0, 0.05) is 12.7 Å². The molecule has 1 aliphatic heterocycles. The molecule has 36 heavy (non-hydrogen) atoms. The van der Waals surface area contributed by atoms with Gasteiger partial charge in [0.15, 0.2) is 5.13 Å². The maximum Gasteiger partial charge on any atom is 0.253 e. The van der Waals surface area contributed by atoms with E-state index in [1.165, 1.54) is 21.7 Å². The van der Waals surface area contributed by atoms with Crippen LogP contribution in [0.4, 0.5) is 5.13 Å². The average Bonchev–Trinajstić information content (AvgIpc) is 3.62. The Bertz CT molecular complexity index is 1490. The van der Waals surface area contributed by atoms with Crippen molar-refractivity contribution in [2.24, 2.45) is 0 Å². The largest absolute Gasteiger partial charge is 0.494 e. The van der Waals surface area contributed by atoms with Gasteiger partial charge in [0.05, 0.1) is 33.4 Å². The Morgan fingerprint density at radius 1 is 1.22 bits per heavy atom. The molecule has 1 unspecified atom stereocenters. The second-order valence-corrected chi connectivity index (χ2v) is 13.0. The van der Waals surface area contributed by atoms with Crippen molar-refractivity contribution in [3.8, 4) is 5.75 Å². The summed E-state index contributed by atoms with van der Waals surface area (Å²) in [5.74, 6) is 0.402. The number of benzene rings is 1. The predicted octanol–water partition coefficient (Wildman–Crippen LogP) is 5.19. The molecule has 4 aromatic rings. The van der Waals surface area contributed by atoms with Crippen molar-refractivity contribution in [3.05, 3.63) is 64.8 Å². The van der Waals surface area contributed by atoms with Crippen LogP contribution in [0, 0.1) is 0 Å². The molecule has 188 valence electrons. The summed E-state index contributed by atoms with van der Waals surface area (Å²) in [6.45, 7) is 2.90. The van der Waals surface area contributed by atoms with Gasteiger partial charge in [-0.25, -0.2) is 13.4 Å². The molecule has 0 bridgehead atoms. The molecule has 5 rings (SSSR count). The molecule has 0 radical (unpaired) electrons. The number of thiophene rings is 1. The maximum absolute atomic E-state index is 14.0. The van der Waals surface area contributed by atoms with Crippen molar-refractivity contribution in [3.63, 3.8) is 0 Å². The van der Waals surface area contributed by atoms with Gasteiger partial charge in [-0.15, -0.1) is 11.3 Å². The number of thiazole rings is 1. The summed E-state index contributed by atoms with van der Waals surface area (Å²) in [4.78, 5) is 24.6. The van der Waals surface area contributed by atoms with Gasteiger partial charge >= 0.3 is 0 Å².